The van der Waals surface area contributed by atoms with Gasteiger partial charge in [-0.1, -0.05) is 19.1 Å². The summed E-state index contributed by atoms with van der Waals surface area (Å²) in [5.41, 5.74) is 2.76. The van der Waals surface area contributed by atoms with E-state index in [1.807, 2.05) is 6.08 Å². The largest absolute Gasteiger partial charge is 0.381 e. The molecule has 0 aromatic rings. The summed E-state index contributed by atoms with van der Waals surface area (Å²) < 4.78 is 5.43. The van der Waals surface area contributed by atoms with Crippen LogP contribution in [0.4, 0.5) is 0 Å². The molecule has 16 heavy (non-hydrogen) atoms. The summed E-state index contributed by atoms with van der Waals surface area (Å²) in [5.74, 6) is 0. The van der Waals surface area contributed by atoms with Gasteiger partial charge >= 0.3 is 0 Å². The highest BCUT2D eigenvalue weighted by molar-refractivity contribution is 5.22. The molecule has 0 radical (unpaired) electrons. The number of rotatable bonds is 5. The summed E-state index contributed by atoms with van der Waals surface area (Å²) in [5, 5.41) is 0. The van der Waals surface area contributed by atoms with Gasteiger partial charge in [-0.15, -0.1) is 0 Å². The fourth-order valence-electron chi connectivity index (χ4n) is 2.34. The van der Waals surface area contributed by atoms with Crippen LogP contribution in [0.15, 0.2) is 23.9 Å². The fraction of sp³-hybridized carbons (Fsp3) is 0.714. The normalized spacial score (nSPS) is 19.2. The first-order chi connectivity index (χ1) is 7.74. The van der Waals surface area contributed by atoms with Crippen LogP contribution in [-0.2, 0) is 4.74 Å². The molecule has 1 aliphatic heterocycles. The van der Waals surface area contributed by atoms with Crippen molar-refractivity contribution in [3.05, 3.63) is 23.9 Å². The molecule has 0 saturated carbocycles. The summed E-state index contributed by atoms with van der Waals surface area (Å²) in [4.78, 5) is 2.49. The molecule has 1 heterocycles. The predicted octanol–water partition coefficient (Wildman–Crippen LogP) is 3.36. The molecule has 0 aliphatic carbocycles. The highest BCUT2D eigenvalue weighted by atomic mass is 16.5. The fourth-order valence-corrected chi connectivity index (χ4v) is 2.34. The average molecular weight is 223 g/mol. The van der Waals surface area contributed by atoms with Crippen LogP contribution in [0, 0.1) is 0 Å². The maximum Gasteiger partial charge on any atom is 0.0485 e. The quantitative estimate of drug-likeness (QED) is 0.663. The van der Waals surface area contributed by atoms with Crippen molar-refractivity contribution < 1.29 is 4.74 Å². The van der Waals surface area contributed by atoms with Crippen molar-refractivity contribution in [3.8, 4) is 0 Å². The lowest BCUT2D eigenvalue weighted by Crippen LogP contribution is -2.38. The first kappa shape index (κ1) is 13.3. The smallest absolute Gasteiger partial charge is 0.0485 e. The number of nitrogens with zero attached hydrogens (tertiary/aromatic N) is 1. The molecule has 0 bridgehead atoms. The molecule has 0 N–H and O–H groups in total. The Labute approximate surface area is 100.0 Å². The molecule has 0 amide bonds. The first-order valence-electron chi connectivity index (χ1n) is 6.41. The SMILES string of the molecule is C=C/C(=C(/C)CC)N(CC)C1CCOCC1. The van der Waals surface area contributed by atoms with Gasteiger partial charge in [0.1, 0.15) is 0 Å². The van der Waals surface area contributed by atoms with Gasteiger partial charge in [0.05, 0.1) is 0 Å². The number of likely N-dealkylation sites (N-methyl/N-ethyl adjacent to an activating group) is 1. The molecule has 1 rings (SSSR count). The van der Waals surface area contributed by atoms with Crippen LogP contribution in [0.1, 0.15) is 40.0 Å². The predicted molar refractivity (Wildman–Crippen MR) is 69.4 cm³/mol. The molecule has 2 heteroatoms. The molecule has 1 saturated heterocycles. The third-order valence-electron chi connectivity index (χ3n) is 3.44. The highest BCUT2D eigenvalue weighted by Crippen LogP contribution is 2.22. The summed E-state index contributed by atoms with van der Waals surface area (Å²) >= 11 is 0. The maximum absolute atomic E-state index is 5.43. The van der Waals surface area contributed by atoms with Gasteiger partial charge in [-0.2, -0.15) is 0 Å². The van der Waals surface area contributed by atoms with Crippen LogP contribution in [-0.4, -0.2) is 30.7 Å². The minimum atomic E-state index is 0.633. The van der Waals surface area contributed by atoms with E-state index in [9.17, 15) is 0 Å². The molecule has 0 spiro atoms. The second kappa shape index (κ2) is 6.74. The lowest BCUT2D eigenvalue weighted by molar-refractivity contribution is 0.0479. The molecule has 2 nitrogen and oxygen atoms in total. The van der Waals surface area contributed by atoms with Crippen LogP contribution < -0.4 is 0 Å². The van der Waals surface area contributed by atoms with Crippen LogP contribution in [0.5, 0.6) is 0 Å². The van der Waals surface area contributed by atoms with Crippen molar-refractivity contribution in [2.45, 2.75) is 46.1 Å². The third-order valence-corrected chi connectivity index (χ3v) is 3.44. The van der Waals surface area contributed by atoms with Crippen molar-refractivity contribution in [1.82, 2.24) is 4.90 Å². The topological polar surface area (TPSA) is 12.5 Å². The molecule has 1 aliphatic rings. The van der Waals surface area contributed by atoms with E-state index in [0.29, 0.717) is 6.04 Å². The van der Waals surface area contributed by atoms with Crippen LogP contribution >= 0.6 is 0 Å². The van der Waals surface area contributed by atoms with Gasteiger partial charge in [-0.25, -0.2) is 0 Å². The van der Waals surface area contributed by atoms with Gasteiger partial charge in [0.2, 0.25) is 0 Å². The number of ether oxygens (including phenoxy) is 1. The van der Waals surface area contributed by atoms with Crippen molar-refractivity contribution in [1.29, 1.82) is 0 Å². The van der Waals surface area contributed by atoms with Crippen molar-refractivity contribution >= 4 is 0 Å². The van der Waals surface area contributed by atoms with E-state index in [1.165, 1.54) is 11.3 Å². The molecular weight excluding hydrogens is 198 g/mol. The van der Waals surface area contributed by atoms with Gasteiger partial charge < -0.3 is 9.64 Å². The van der Waals surface area contributed by atoms with E-state index in [0.717, 1.165) is 39.0 Å². The zero-order valence-corrected chi connectivity index (χ0v) is 11.0. The Balaban J connectivity index is 2.81. The molecule has 0 aromatic carbocycles. The van der Waals surface area contributed by atoms with E-state index < -0.39 is 0 Å². The Kier molecular flexibility index (Phi) is 5.61. The summed E-state index contributed by atoms with van der Waals surface area (Å²) in [7, 11) is 0. The van der Waals surface area contributed by atoms with E-state index >= 15 is 0 Å². The standard InChI is InChI=1S/C14H25NO/c1-5-12(4)14(6-2)15(7-3)13-8-10-16-11-9-13/h6,13H,2,5,7-11H2,1,3-4H3/b14-12+. The van der Waals surface area contributed by atoms with Crippen molar-refractivity contribution in [2.24, 2.45) is 0 Å². The lowest BCUT2D eigenvalue weighted by atomic mass is 10.0. The Morgan fingerprint density at radius 1 is 1.38 bits per heavy atom. The summed E-state index contributed by atoms with van der Waals surface area (Å²) in [6.45, 7) is 13.5. The Bertz CT molecular complexity index is 251. The number of hydrogen-bond donors (Lipinski definition) is 0. The average Bonchev–Trinajstić information content (AvgIpc) is 2.36. The Hall–Kier alpha value is -0.760. The number of allylic oxidation sites excluding steroid dienone is 2. The Morgan fingerprint density at radius 2 is 2.00 bits per heavy atom. The monoisotopic (exact) mass is 223 g/mol. The van der Waals surface area contributed by atoms with Crippen LogP contribution in [0.25, 0.3) is 0 Å². The van der Waals surface area contributed by atoms with E-state index in [2.05, 4.69) is 32.3 Å². The zero-order chi connectivity index (χ0) is 12.0. The summed E-state index contributed by atoms with van der Waals surface area (Å²) in [6, 6.07) is 0.633. The molecular formula is C14H25NO. The highest BCUT2D eigenvalue weighted by Gasteiger charge is 2.21. The molecule has 92 valence electrons. The van der Waals surface area contributed by atoms with E-state index in [-0.39, 0.29) is 0 Å². The zero-order valence-electron chi connectivity index (χ0n) is 11.0. The Morgan fingerprint density at radius 3 is 2.44 bits per heavy atom. The summed E-state index contributed by atoms with van der Waals surface area (Å²) in [6.07, 6.45) is 5.39. The van der Waals surface area contributed by atoms with Gasteiger partial charge in [0, 0.05) is 31.5 Å². The lowest BCUT2D eigenvalue weighted by Gasteiger charge is -2.37. The minimum Gasteiger partial charge on any atom is -0.381 e. The number of hydrogen-bond acceptors (Lipinski definition) is 2. The minimum absolute atomic E-state index is 0.633. The van der Waals surface area contributed by atoms with Crippen LogP contribution in [0.3, 0.4) is 0 Å². The molecule has 0 unspecified atom stereocenters. The van der Waals surface area contributed by atoms with Gasteiger partial charge in [-0.3, -0.25) is 0 Å². The van der Waals surface area contributed by atoms with Crippen molar-refractivity contribution in [2.75, 3.05) is 19.8 Å². The molecule has 0 atom stereocenters. The molecule has 1 fully saturated rings. The molecule has 0 aromatic heterocycles. The second-order valence-corrected chi connectivity index (χ2v) is 4.35. The van der Waals surface area contributed by atoms with Crippen molar-refractivity contribution in [3.63, 3.8) is 0 Å². The van der Waals surface area contributed by atoms with E-state index in [1.54, 1.807) is 0 Å². The van der Waals surface area contributed by atoms with E-state index in [4.69, 9.17) is 4.74 Å². The van der Waals surface area contributed by atoms with Gasteiger partial charge in [0.25, 0.3) is 0 Å². The van der Waals surface area contributed by atoms with Crippen LogP contribution in [0.2, 0.25) is 0 Å². The van der Waals surface area contributed by atoms with Gasteiger partial charge in [-0.05, 0) is 39.2 Å². The van der Waals surface area contributed by atoms with Gasteiger partial charge in [0.15, 0.2) is 0 Å². The third kappa shape index (κ3) is 3.11. The maximum atomic E-state index is 5.43. The first-order valence-corrected chi connectivity index (χ1v) is 6.41. The second-order valence-electron chi connectivity index (χ2n) is 4.35.